The molecule has 1 aromatic rings. The van der Waals surface area contributed by atoms with E-state index in [0.717, 1.165) is 4.47 Å². The number of anilines is 1. The predicted octanol–water partition coefficient (Wildman–Crippen LogP) is 2.19. The first-order valence-electron chi connectivity index (χ1n) is 5.45. The normalized spacial score (nSPS) is 10.6. The third-order valence-corrected chi connectivity index (χ3v) is 2.77. The number of benzene rings is 1. The van der Waals surface area contributed by atoms with Crippen LogP contribution in [0.4, 0.5) is 5.69 Å². The maximum absolute atomic E-state index is 11.8. The van der Waals surface area contributed by atoms with Crippen LogP contribution in [0.5, 0.6) is 0 Å². The monoisotopic (exact) mass is 300 g/mol. The molecule has 0 aliphatic rings. The smallest absolute Gasteiger partial charge is 0.252 e. The molecule has 0 saturated heterocycles. The van der Waals surface area contributed by atoms with E-state index in [1.165, 1.54) is 0 Å². The van der Waals surface area contributed by atoms with Gasteiger partial charge in [-0.05, 0) is 48.0 Å². The summed E-state index contributed by atoms with van der Waals surface area (Å²) in [6.07, 6.45) is 0.172. The van der Waals surface area contributed by atoms with E-state index in [4.69, 9.17) is 10.5 Å². The Bertz CT molecular complexity index is 394. The second-order valence-electron chi connectivity index (χ2n) is 3.91. The molecule has 0 radical (unpaired) electrons. The first kappa shape index (κ1) is 14.0. The second-order valence-corrected chi connectivity index (χ2v) is 4.77. The molecule has 0 aromatic heterocycles. The van der Waals surface area contributed by atoms with Crippen molar-refractivity contribution in [3.63, 3.8) is 0 Å². The highest BCUT2D eigenvalue weighted by atomic mass is 79.9. The van der Waals surface area contributed by atoms with E-state index in [0.29, 0.717) is 24.4 Å². The summed E-state index contributed by atoms with van der Waals surface area (Å²) in [5.74, 6) is -0.156. The molecule has 0 aliphatic carbocycles. The molecule has 0 atom stereocenters. The average Bonchev–Trinajstić information content (AvgIpc) is 2.27. The van der Waals surface area contributed by atoms with Crippen LogP contribution in [0.25, 0.3) is 0 Å². The van der Waals surface area contributed by atoms with E-state index >= 15 is 0 Å². The lowest BCUT2D eigenvalue weighted by atomic mass is 10.2. The number of hydrogen-bond donors (Lipinski definition) is 2. The number of amides is 1. The molecule has 1 amide bonds. The molecule has 3 N–H and O–H groups in total. The Hall–Kier alpha value is -1.07. The van der Waals surface area contributed by atoms with Gasteiger partial charge in [0.05, 0.1) is 18.3 Å². The van der Waals surface area contributed by atoms with Gasteiger partial charge in [0.15, 0.2) is 0 Å². The number of halogens is 1. The minimum Gasteiger partial charge on any atom is -0.399 e. The van der Waals surface area contributed by atoms with Crippen molar-refractivity contribution in [2.24, 2.45) is 0 Å². The molecular weight excluding hydrogens is 284 g/mol. The van der Waals surface area contributed by atoms with Crippen LogP contribution in [-0.4, -0.2) is 25.2 Å². The number of rotatable bonds is 5. The molecule has 4 nitrogen and oxygen atoms in total. The van der Waals surface area contributed by atoms with Gasteiger partial charge in [-0.15, -0.1) is 0 Å². The van der Waals surface area contributed by atoms with Gasteiger partial charge in [0.1, 0.15) is 0 Å². The fourth-order valence-electron chi connectivity index (χ4n) is 1.27. The largest absolute Gasteiger partial charge is 0.399 e. The molecule has 5 heteroatoms. The van der Waals surface area contributed by atoms with Crippen molar-refractivity contribution < 1.29 is 9.53 Å². The van der Waals surface area contributed by atoms with E-state index in [2.05, 4.69) is 21.2 Å². The van der Waals surface area contributed by atoms with E-state index in [-0.39, 0.29) is 12.0 Å². The van der Waals surface area contributed by atoms with Crippen molar-refractivity contribution in [1.29, 1.82) is 0 Å². The summed E-state index contributed by atoms with van der Waals surface area (Å²) in [6, 6.07) is 5.14. The lowest BCUT2D eigenvalue weighted by molar-refractivity contribution is 0.0746. The Morgan fingerprint density at radius 2 is 2.24 bits per heavy atom. The standard InChI is InChI=1S/C12H17BrN2O2/c1-8(2)17-6-5-15-12(16)10-7-9(14)3-4-11(10)13/h3-4,7-8H,5-6,14H2,1-2H3,(H,15,16). The zero-order valence-electron chi connectivity index (χ0n) is 10.00. The summed E-state index contributed by atoms with van der Waals surface area (Å²) in [6.45, 7) is 4.90. The summed E-state index contributed by atoms with van der Waals surface area (Å²) in [5, 5.41) is 2.77. The second kappa shape index (κ2) is 6.61. The predicted molar refractivity (Wildman–Crippen MR) is 72.0 cm³/mol. The molecule has 0 aliphatic heterocycles. The lowest BCUT2D eigenvalue weighted by Gasteiger charge is -2.09. The third kappa shape index (κ3) is 4.75. The molecule has 0 bridgehead atoms. The van der Waals surface area contributed by atoms with Gasteiger partial charge in [-0.2, -0.15) is 0 Å². The molecule has 17 heavy (non-hydrogen) atoms. The zero-order chi connectivity index (χ0) is 12.8. The van der Waals surface area contributed by atoms with Gasteiger partial charge in [-0.3, -0.25) is 4.79 Å². The van der Waals surface area contributed by atoms with E-state index in [1.807, 2.05) is 13.8 Å². The number of carbonyl (C=O) groups is 1. The Morgan fingerprint density at radius 3 is 2.88 bits per heavy atom. The van der Waals surface area contributed by atoms with Crippen molar-refractivity contribution >= 4 is 27.5 Å². The van der Waals surface area contributed by atoms with E-state index in [9.17, 15) is 4.79 Å². The highest BCUT2D eigenvalue weighted by Crippen LogP contribution is 2.19. The fraction of sp³-hybridized carbons (Fsp3) is 0.417. The number of nitrogens with one attached hydrogen (secondary N) is 1. The van der Waals surface area contributed by atoms with Gasteiger partial charge >= 0.3 is 0 Å². The third-order valence-electron chi connectivity index (χ3n) is 2.07. The maximum atomic E-state index is 11.8. The van der Waals surface area contributed by atoms with E-state index < -0.39 is 0 Å². The summed E-state index contributed by atoms with van der Waals surface area (Å²) < 4.78 is 6.06. The van der Waals surface area contributed by atoms with Crippen LogP contribution in [0.15, 0.2) is 22.7 Å². The van der Waals surface area contributed by atoms with Crippen molar-refractivity contribution in [2.75, 3.05) is 18.9 Å². The van der Waals surface area contributed by atoms with Crippen LogP contribution in [0.3, 0.4) is 0 Å². The van der Waals surface area contributed by atoms with Crippen LogP contribution < -0.4 is 11.1 Å². The molecule has 1 rings (SSSR count). The Kier molecular flexibility index (Phi) is 5.44. The van der Waals surface area contributed by atoms with Crippen LogP contribution in [0.2, 0.25) is 0 Å². The van der Waals surface area contributed by atoms with Gasteiger partial charge in [0.25, 0.3) is 5.91 Å². The first-order valence-corrected chi connectivity index (χ1v) is 6.25. The molecule has 0 unspecified atom stereocenters. The fourth-order valence-corrected chi connectivity index (χ4v) is 1.70. The number of nitrogen functional groups attached to an aromatic ring is 1. The minimum atomic E-state index is -0.156. The summed E-state index contributed by atoms with van der Waals surface area (Å²) in [5.41, 5.74) is 6.74. The van der Waals surface area contributed by atoms with Crippen molar-refractivity contribution in [1.82, 2.24) is 5.32 Å². The molecular formula is C12H17BrN2O2. The number of carbonyl (C=O) groups excluding carboxylic acids is 1. The Morgan fingerprint density at radius 1 is 1.53 bits per heavy atom. The molecule has 1 aromatic carbocycles. The highest BCUT2D eigenvalue weighted by Gasteiger charge is 2.09. The summed E-state index contributed by atoms with van der Waals surface area (Å²) >= 11 is 3.32. The van der Waals surface area contributed by atoms with Gasteiger partial charge < -0.3 is 15.8 Å². The van der Waals surface area contributed by atoms with Crippen LogP contribution >= 0.6 is 15.9 Å². The molecule has 0 saturated carbocycles. The first-order chi connectivity index (χ1) is 8.00. The number of ether oxygens (including phenoxy) is 1. The molecule has 94 valence electrons. The minimum absolute atomic E-state index is 0.156. The van der Waals surface area contributed by atoms with Gasteiger partial charge in [-0.1, -0.05) is 0 Å². The van der Waals surface area contributed by atoms with Crippen LogP contribution in [-0.2, 0) is 4.74 Å². The number of nitrogens with two attached hydrogens (primary N) is 1. The number of hydrogen-bond acceptors (Lipinski definition) is 3. The van der Waals surface area contributed by atoms with Gasteiger partial charge in [0, 0.05) is 16.7 Å². The Balaban J connectivity index is 2.49. The molecule has 0 heterocycles. The average molecular weight is 301 g/mol. The van der Waals surface area contributed by atoms with E-state index in [1.54, 1.807) is 18.2 Å². The Labute approximate surface area is 110 Å². The lowest BCUT2D eigenvalue weighted by Crippen LogP contribution is -2.28. The zero-order valence-corrected chi connectivity index (χ0v) is 11.6. The molecule has 0 spiro atoms. The maximum Gasteiger partial charge on any atom is 0.252 e. The van der Waals surface area contributed by atoms with Crippen LogP contribution in [0, 0.1) is 0 Å². The van der Waals surface area contributed by atoms with Crippen molar-refractivity contribution in [3.8, 4) is 0 Å². The van der Waals surface area contributed by atoms with Gasteiger partial charge in [-0.25, -0.2) is 0 Å². The van der Waals surface area contributed by atoms with Crippen molar-refractivity contribution in [3.05, 3.63) is 28.2 Å². The molecule has 0 fully saturated rings. The summed E-state index contributed by atoms with van der Waals surface area (Å²) in [4.78, 5) is 11.8. The quantitative estimate of drug-likeness (QED) is 0.647. The summed E-state index contributed by atoms with van der Waals surface area (Å²) in [7, 11) is 0. The highest BCUT2D eigenvalue weighted by molar-refractivity contribution is 9.10. The van der Waals surface area contributed by atoms with Crippen molar-refractivity contribution in [2.45, 2.75) is 20.0 Å². The topological polar surface area (TPSA) is 64.3 Å². The van der Waals surface area contributed by atoms with Crippen LogP contribution in [0.1, 0.15) is 24.2 Å². The SMILES string of the molecule is CC(C)OCCNC(=O)c1cc(N)ccc1Br. The van der Waals surface area contributed by atoms with Gasteiger partial charge in [0.2, 0.25) is 0 Å².